The van der Waals surface area contributed by atoms with Crippen molar-refractivity contribution in [1.82, 2.24) is 15.0 Å². The third-order valence-corrected chi connectivity index (χ3v) is 12.9. The first kappa shape index (κ1) is 41.4. The predicted molar refractivity (Wildman–Crippen MR) is 245 cm³/mol. The van der Waals surface area contributed by atoms with Crippen LogP contribution in [0.4, 0.5) is 0 Å². The molecule has 295 valence electrons. The van der Waals surface area contributed by atoms with Crippen molar-refractivity contribution in [2.45, 2.75) is 54.3 Å². The molecule has 0 unspecified atom stereocenters. The molecule has 1 radical (unpaired) electrons. The van der Waals surface area contributed by atoms with Crippen LogP contribution in [0, 0.1) is 46.8 Å². The van der Waals surface area contributed by atoms with Gasteiger partial charge in [-0.3, -0.25) is 4.98 Å². The number of pyridine rings is 3. The van der Waals surface area contributed by atoms with E-state index in [0.717, 1.165) is 72.5 Å². The van der Waals surface area contributed by atoms with Crippen LogP contribution in [0.15, 0.2) is 144 Å². The van der Waals surface area contributed by atoms with Gasteiger partial charge in [-0.1, -0.05) is 139 Å². The molecule has 4 heterocycles. The van der Waals surface area contributed by atoms with Crippen molar-refractivity contribution in [3.05, 3.63) is 180 Å². The first-order valence-electron chi connectivity index (χ1n) is 19.8. The minimum Gasteiger partial charge on any atom is -0.501 e. The normalized spacial score (nSPS) is 11.3. The summed E-state index contributed by atoms with van der Waals surface area (Å²) in [7, 11) is -1.34. The molecule has 0 aliphatic rings. The Labute approximate surface area is 362 Å². The molecule has 0 saturated heterocycles. The average Bonchev–Trinajstić information content (AvgIpc) is 3.59. The molecule has 59 heavy (non-hydrogen) atoms. The van der Waals surface area contributed by atoms with E-state index >= 15 is 0 Å². The zero-order valence-corrected chi connectivity index (χ0v) is 38.3. The van der Waals surface area contributed by atoms with Crippen molar-refractivity contribution in [3.63, 3.8) is 0 Å². The number of hydrogen-bond acceptors (Lipinski definition) is 4. The summed E-state index contributed by atoms with van der Waals surface area (Å²) in [5.74, 6) is 0. The maximum atomic E-state index is 6.43. The molecule has 6 heteroatoms. The second-order valence-corrected chi connectivity index (χ2v) is 21.3. The van der Waals surface area contributed by atoms with E-state index in [0.29, 0.717) is 0 Å². The Morgan fingerprint density at radius 1 is 0.542 bits per heavy atom. The van der Waals surface area contributed by atoms with Gasteiger partial charge in [-0.25, -0.2) is 0 Å². The maximum absolute atomic E-state index is 6.43. The van der Waals surface area contributed by atoms with Crippen LogP contribution in [0.2, 0.25) is 19.6 Å². The Hall–Kier alpha value is -5.78. The van der Waals surface area contributed by atoms with Gasteiger partial charge >= 0.3 is 0 Å². The number of fused-ring (bicyclic) bond motifs is 3. The number of nitrogens with zero attached hydrogens (tertiary/aromatic N) is 3. The van der Waals surface area contributed by atoms with Gasteiger partial charge in [0.2, 0.25) is 0 Å². The Bertz CT molecular complexity index is 2910. The van der Waals surface area contributed by atoms with Crippen molar-refractivity contribution < 1.29 is 24.5 Å². The van der Waals surface area contributed by atoms with Gasteiger partial charge in [0.25, 0.3) is 0 Å². The molecule has 0 bridgehead atoms. The molecule has 0 aliphatic heterocycles. The SMILES string of the molecule is Cc1cc(-c2cc(C)c([Si](C)(C)C)cn2)[c-]cc1-c1ccccc1.Cc1cc(-c2ccc3c(c2)oc2c(-c4cc(C)c(-c5ccccc5)cn4)[c-]ccc23)cc(C)n1.[Ir]. The molecule has 4 nitrogen and oxygen atoms in total. The molecule has 9 rings (SSSR count). The molecular weight excluding hydrogens is 915 g/mol. The van der Waals surface area contributed by atoms with E-state index in [4.69, 9.17) is 14.4 Å². The Morgan fingerprint density at radius 2 is 1.17 bits per heavy atom. The second kappa shape index (κ2) is 17.2. The van der Waals surface area contributed by atoms with Crippen molar-refractivity contribution in [3.8, 4) is 55.9 Å². The number of hydrogen-bond donors (Lipinski definition) is 0. The molecule has 0 saturated carbocycles. The number of benzene rings is 5. The summed E-state index contributed by atoms with van der Waals surface area (Å²) >= 11 is 0. The smallest absolute Gasteiger partial charge is 0.121 e. The molecule has 0 amide bonds. The van der Waals surface area contributed by atoms with Crippen LogP contribution in [0.1, 0.15) is 28.1 Å². The van der Waals surface area contributed by atoms with Crippen molar-refractivity contribution in [2.75, 3.05) is 0 Å². The van der Waals surface area contributed by atoms with Gasteiger partial charge in [0.1, 0.15) is 5.58 Å². The molecule has 0 aliphatic carbocycles. The van der Waals surface area contributed by atoms with Crippen LogP contribution in [-0.2, 0) is 20.1 Å². The standard InChI is InChI=1S/C31H23N2O.C22H24NSi.Ir/c1-19-14-29(32-18-28(19)22-8-5-4-6-9-22)27-11-7-10-26-25-13-12-23(17-30(25)34-31(26)27)24-15-20(2)33-21(3)16-24;1-16-13-19(11-12-20(16)18-9-7-6-8-10-18)21-14-17(2)22(15-23-21)24(3,4)5;/h4-10,12-18H,1-3H3;6-10,12-15H,1-5H3;/q2*-1;. The minimum atomic E-state index is -1.34. The zero-order valence-electron chi connectivity index (χ0n) is 34.9. The summed E-state index contributed by atoms with van der Waals surface area (Å²) in [6, 6.07) is 50.9. The van der Waals surface area contributed by atoms with E-state index in [1.54, 1.807) is 0 Å². The van der Waals surface area contributed by atoms with Crippen LogP contribution in [-0.4, -0.2) is 23.0 Å². The molecule has 4 aromatic heterocycles. The minimum absolute atomic E-state index is 0. The van der Waals surface area contributed by atoms with Gasteiger partial charge in [0, 0.05) is 54.8 Å². The van der Waals surface area contributed by atoms with Gasteiger partial charge in [-0.05, 0) is 84.7 Å². The first-order valence-corrected chi connectivity index (χ1v) is 23.3. The third-order valence-electron chi connectivity index (χ3n) is 10.7. The van der Waals surface area contributed by atoms with Gasteiger partial charge in [-0.15, -0.1) is 47.5 Å². The van der Waals surface area contributed by atoms with Crippen LogP contribution >= 0.6 is 0 Å². The fourth-order valence-electron chi connectivity index (χ4n) is 7.89. The summed E-state index contributed by atoms with van der Waals surface area (Å²) in [5, 5.41) is 3.60. The monoisotopic (exact) mass is 962 g/mol. The fourth-order valence-corrected chi connectivity index (χ4v) is 9.60. The van der Waals surface area contributed by atoms with Crippen LogP contribution in [0.5, 0.6) is 0 Å². The van der Waals surface area contributed by atoms with E-state index in [-0.39, 0.29) is 20.1 Å². The van der Waals surface area contributed by atoms with Crippen molar-refractivity contribution >= 4 is 35.2 Å². The number of furan rings is 1. The van der Waals surface area contributed by atoms with Gasteiger partial charge in [0.15, 0.2) is 0 Å². The van der Waals surface area contributed by atoms with Crippen LogP contribution < -0.4 is 5.19 Å². The largest absolute Gasteiger partial charge is 0.501 e. The van der Waals surface area contributed by atoms with E-state index in [1.165, 1.54) is 38.6 Å². The molecule has 9 aromatic rings. The Kier molecular flexibility index (Phi) is 12.1. The van der Waals surface area contributed by atoms with Crippen LogP contribution in [0.25, 0.3) is 77.8 Å². The molecule has 0 N–H and O–H groups in total. The van der Waals surface area contributed by atoms with Gasteiger partial charge < -0.3 is 14.4 Å². The van der Waals surface area contributed by atoms with Crippen molar-refractivity contribution in [2.24, 2.45) is 0 Å². The molecule has 0 spiro atoms. The Morgan fingerprint density at radius 3 is 1.80 bits per heavy atom. The van der Waals surface area contributed by atoms with E-state index < -0.39 is 8.07 Å². The molecule has 0 atom stereocenters. The number of aryl methyl sites for hydroxylation is 5. The quantitative estimate of drug-likeness (QED) is 0.123. The maximum Gasteiger partial charge on any atom is 0.121 e. The predicted octanol–water partition coefficient (Wildman–Crippen LogP) is 13.5. The van der Waals surface area contributed by atoms with Gasteiger partial charge in [-0.2, -0.15) is 0 Å². The Balaban J connectivity index is 0.000000187. The summed E-state index contributed by atoms with van der Waals surface area (Å²) in [4.78, 5) is 14.0. The van der Waals surface area contributed by atoms with Crippen LogP contribution in [0.3, 0.4) is 0 Å². The molecular formula is C53H47IrN3OSi-2. The fraction of sp³-hybridized carbons (Fsp3) is 0.151. The van der Waals surface area contributed by atoms with Crippen molar-refractivity contribution in [1.29, 1.82) is 0 Å². The third kappa shape index (κ3) is 8.82. The molecule has 0 fully saturated rings. The first-order chi connectivity index (χ1) is 27.9. The summed E-state index contributed by atoms with van der Waals surface area (Å²) in [6.07, 6.45) is 4.02. The van der Waals surface area contributed by atoms with Gasteiger partial charge in [0.05, 0.1) is 13.7 Å². The molecule has 5 aromatic carbocycles. The summed E-state index contributed by atoms with van der Waals surface area (Å²) in [6.45, 7) is 17.6. The zero-order chi connectivity index (χ0) is 40.6. The van der Waals surface area contributed by atoms with E-state index in [9.17, 15) is 0 Å². The topological polar surface area (TPSA) is 51.8 Å². The average molecular weight is 962 g/mol. The second-order valence-electron chi connectivity index (χ2n) is 16.2. The van der Waals surface area contributed by atoms with E-state index in [2.05, 4.69) is 173 Å². The summed E-state index contributed by atoms with van der Waals surface area (Å²) < 4.78 is 6.43. The summed E-state index contributed by atoms with van der Waals surface area (Å²) in [5.41, 5.74) is 18.3. The van der Waals surface area contributed by atoms with E-state index in [1.807, 2.05) is 38.2 Å². The number of rotatable bonds is 6. The number of aromatic nitrogens is 3.